The molecular weight excluding hydrogens is 253 g/mol. The van der Waals surface area contributed by atoms with Crippen molar-refractivity contribution < 1.29 is 9.13 Å². The summed E-state index contributed by atoms with van der Waals surface area (Å²) in [6.45, 7) is 8.64. The van der Waals surface area contributed by atoms with E-state index >= 15 is 0 Å². The van der Waals surface area contributed by atoms with Crippen LogP contribution in [0.1, 0.15) is 55.5 Å². The zero-order chi connectivity index (χ0) is 14.3. The lowest BCUT2D eigenvalue weighted by molar-refractivity contribution is 0.109. The van der Waals surface area contributed by atoms with Gasteiger partial charge in [0.2, 0.25) is 0 Å². The van der Waals surface area contributed by atoms with Gasteiger partial charge in [0, 0.05) is 12.6 Å². The molecule has 1 fully saturated rings. The van der Waals surface area contributed by atoms with Crippen LogP contribution in [0.25, 0.3) is 0 Å². The maximum absolute atomic E-state index is 13.5. The number of hydrogen-bond acceptors (Lipinski definition) is 2. The van der Waals surface area contributed by atoms with Crippen molar-refractivity contribution in [1.82, 2.24) is 5.32 Å². The molecule has 3 heteroatoms. The summed E-state index contributed by atoms with van der Waals surface area (Å²) < 4.78 is 19.2. The molecule has 0 radical (unpaired) electrons. The van der Waals surface area contributed by atoms with Gasteiger partial charge in [-0.15, -0.1) is 0 Å². The molecule has 0 spiro atoms. The molecule has 0 bridgehead atoms. The average molecular weight is 277 g/mol. The molecule has 0 aromatic heterocycles. The zero-order valence-electron chi connectivity index (χ0n) is 12.6. The van der Waals surface area contributed by atoms with Crippen LogP contribution in [-0.2, 0) is 23.2 Å². The van der Waals surface area contributed by atoms with Crippen molar-refractivity contribution in [3.8, 4) is 0 Å². The smallest absolute Gasteiger partial charge is 0.114 e. The van der Waals surface area contributed by atoms with E-state index in [4.69, 9.17) is 4.74 Å². The summed E-state index contributed by atoms with van der Waals surface area (Å²) in [5, 5.41) is 3.32. The number of nitrogens with one attached hydrogen (secondary N) is 1. The van der Waals surface area contributed by atoms with Crippen molar-refractivity contribution in [2.24, 2.45) is 0 Å². The SMILES string of the molecule is CC(C)(C)c1cc2c(c([C@@H]3CC(F)CN3)c1)COCC2. The summed E-state index contributed by atoms with van der Waals surface area (Å²) in [6, 6.07) is 4.73. The van der Waals surface area contributed by atoms with Gasteiger partial charge in [-0.25, -0.2) is 4.39 Å². The Labute approximate surface area is 120 Å². The first-order valence-corrected chi connectivity index (χ1v) is 7.56. The molecule has 2 nitrogen and oxygen atoms in total. The van der Waals surface area contributed by atoms with Crippen LogP contribution in [0.4, 0.5) is 4.39 Å². The molecule has 2 atom stereocenters. The molecule has 2 aliphatic heterocycles. The first kappa shape index (κ1) is 14.0. The summed E-state index contributed by atoms with van der Waals surface area (Å²) in [5.41, 5.74) is 5.40. The monoisotopic (exact) mass is 277 g/mol. The Morgan fingerprint density at radius 1 is 1.30 bits per heavy atom. The molecule has 20 heavy (non-hydrogen) atoms. The fourth-order valence-electron chi connectivity index (χ4n) is 3.19. The molecule has 110 valence electrons. The van der Waals surface area contributed by atoms with Gasteiger partial charge in [0.25, 0.3) is 0 Å². The number of ether oxygens (including phenoxy) is 1. The van der Waals surface area contributed by atoms with E-state index in [0.29, 0.717) is 19.6 Å². The average Bonchev–Trinajstić information content (AvgIpc) is 2.83. The molecule has 0 aliphatic carbocycles. The molecule has 0 amide bonds. The Bertz CT molecular complexity index is 506. The summed E-state index contributed by atoms with van der Waals surface area (Å²) in [6.07, 6.45) is 0.830. The maximum atomic E-state index is 13.5. The van der Waals surface area contributed by atoms with Gasteiger partial charge >= 0.3 is 0 Å². The van der Waals surface area contributed by atoms with Gasteiger partial charge in [-0.3, -0.25) is 0 Å². The van der Waals surface area contributed by atoms with Crippen molar-refractivity contribution in [2.75, 3.05) is 13.2 Å². The van der Waals surface area contributed by atoms with Crippen LogP contribution < -0.4 is 5.32 Å². The molecule has 1 saturated heterocycles. The van der Waals surface area contributed by atoms with Crippen molar-refractivity contribution in [3.63, 3.8) is 0 Å². The Morgan fingerprint density at radius 3 is 2.75 bits per heavy atom. The normalized spacial score (nSPS) is 26.6. The first-order chi connectivity index (χ1) is 9.45. The molecule has 3 rings (SSSR count). The highest BCUT2D eigenvalue weighted by molar-refractivity contribution is 5.44. The van der Waals surface area contributed by atoms with Gasteiger partial charge in [0.1, 0.15) is 6.17 Å². The van der Waals surface area contributed by atoms with Crippen molar-refractivity contribution in [3.05, 3.63) is 34.4 Å². The predicted octanol–water partition coefficient (Wildman–Crippen LogP) is 3.43. The van der Waals surface area contributed by atoms with Crippen LogP contribution in [0.15, 0.2) is 12.1 Å². The molecule has 2 heterocycles. The van der Waals surface area contributed by atoms with Crippen LogP contribution in [0.3, 0.4) is 0 Å². The fourth-order valence-corrected chi connectivity index (χ4v) is 3.19. The fraction of sp³-hybridized carbons (Fsp3) is 0.647. The highest BCUT2D eigenvalue weighted by Gasteiger charge is 2.29. The second-order valence-electron chi connectivity index (χ2n) is 7.05. The highest BCUT2D eigenvalue weighted by atomic mass is 19.1. The van der Waals surface area contributed by atoms with Gasteiger partial charge in [0.05, 0.1) is 13.2 Å². The third-order valence-electron chi connectivity index (χ3n) is 4.46. The van der Waals surface area contributed by atoms with Gasteiger partial charge in [-0.05, 0) is 40.5 Å². The van der Waals surface area contributed by atoms with E-state index in [0.717, 1.165) is 13.0 Å². The molecule has 1 aromatic rings. The van der Waals surface area contributed by atoms with Crippen molar-refractivity contribution in [1.29, 1.82) is 0 Å². The van der Waals surface area contributed by atoms with Crippen LogP contribution in [0.2, 0.25) is 0 Å². The third kappa shape index (κ3) is 2.61. The molecular formula is C17H24FNO. The predicted molar refractivity (Wildman–Crippen MR) is 78.8 cm³/mol. The first-order valence-electron chi connectivity index (χ1n) is 7.56. The summed E-state index contributed by atoms with van der Waals surface area (Å²) in [5.74, 6) is 0. The zero-order valence-corrected chi connectivity index (χ0v) is 12.6. The number of hydrogen-bond donors (Lipinski definition) is 1. The van der Waals surface area contributed by atoms with Crippen LogP contribution in [-0.4, -0.2) is 19.3 Å². The summed E-state index contributed by atoms with van der Waals surface area (Å²) >= 11 is 0. The molecule has 2 aliphatic rings. The molecule has 1 unspecified atom stereocenters. The van der Waals surface area contributed by atoms with Crippen LogP contribution in [0, 0.1) is 0 Å². The van der Waals surface area contributed by atoms with E-state index in [1.165, 1.54) is 22.3 Å². The minimum absolute atomic E-state index is 0.121. The molecule has 1 aromatic carbocycles. The lowest BCUT2D eigenvalue weighted by Crippen LogP contribution is -2.22. The largest absolute Gasteiger partial charge is 0.376 e. The van der Waals surface area contributed by atoms with Gasteiger partial charge in [-0.1, -0.05) is 32.9 Å². The van der Waals surface area contributed by atoms with E-state index < -0.39 is 6.17 Å². The van der Waals surface area contributed by atoms with Gasteiger partial charge < -0.3 is 10.1 Å². The lowest BCUT2D eigenvalue weighted by Gasteiger charge is -2.28. The van der Waals surface area contributed by atoms with E-state index in [9.17, 15) is 4.39 Å². The van der Waals surface area contributed by atoms with Gasteiger partial charge in [-0.2, -0.15) is 0 Å². The second-order valence-corrected chi connectivity index (χ2v) is 7.05. The van der Waals surface area contributed by atoms with E-state index in [1.807, 2.05) is 0 Å². The molecule has 1 N–H and O–H groups in total. The number of benzene rings is 1. The Morgan fingerprint density at radius 2 is 2.10 bits per heavy atom. The Kier molecular flexibility index (Phi) is 3.59. The minimum atomic E-state index is -0.724. The Hall–Kier alpha value is -0.930. The number of halogens is 1. The van der Waals surface area contributed by atoms with Crippen molar-refractivity contribution in [2.45, 2.75) is 57.8 Å². The number of alkyl halides is 1. The van der Waals surface area contributed by atoms with Crippen LogP contribution >= 0.6 is 0 Å². The number of fused-ring (bicyclic) bond motifs is 1. The van der Waals surface area contributed by atoms with E-state index in [2.05, 4.69) is 38.2 Å². The minimum Gasteiger partial charge on any atom is -0.376 e. The van der Waals surface area contributed by atoms with Gasteiger partial charge in [0.15, 0.2) is 0 Å². The number of rotatable bonds is 1. The standard InChI is InChI=1S/C17H24FNO/c1-17(2,3)12-6-11-4-5-20-10-15(11)14(7-12)16-8-13(18)9-19-16/h6-7,13,16,19H,4-5,8-10H2,1-3H3/t13?,16-/m0/s1. The maximum Gasteiger partial charge on any atom is 0.114 e. The highest BCUT2D eigenvalue weighted by Crippen LogP contribution is 2.35. The molecule has 0 saturated carbocycles. The lowest BCUT2D eigenvalue weighted by atomic mass is 9.81. The van der Waals surface area contributed by atoms with E-state index in [1.54, 1.807) is 0 Å². The second kappa shape index (κ2) is 5.12. The summed E-state index contributed by atoms with van der Waals surface area (Å²) in [7, 11) is 0. The topological polar surface area (TPSA) is 21.3 Å². The summed E-state index contributed by atoms with van der Waals surface area (Å²) in [4.78, 5) is 0. The van der Waals surface area contributed by atoms with E-state index in [-0.39, 0.29) is 11.5 Å². The van der Waals surface area contributed by atoms with Crippen LogP contribution in [0.5, 0.6) is 0 Å². The van der Waals surface area contributed by atoms with Crippen molar-refractivity contribution >= 4 is 0 Å². The third-order valence-corrected chi connectivity index (χ3v) is 4.46. The quantitative estimate of drug-likeness (QED) is 0.849. The Balaban J connectivity index is 2.06.